The van der Waals surface area contributed by atoms with Gasteiger partial charge in [-0.2, -0.15) is 0 Å². The summed E-state index contributed by atoms with van der Waals surface area (Å²) in [6.07, 6.45) is 16.9. The van der Waals surface area contributed by atoms with Crippen LogP contribution >= 0.6 is 0 Å². The summed E-state index contributed by atoms with van der Waals surface area (Å²) in [5.74, 6) is 0. The van der Waals surface area contributed by atoms with Gasteiger partial charge >= 0.3 is 0 Å². The lowest BCUT2D eigenvalue weighted by atomic mass is 9.80. The van der Waals surface area contributed by atoms with Crippen molar-refractivity contribution in [1.29, 1.82) is 0 Å². The first-order valence-corrected chi connectivity index (χ1v) is 7.51. The summed E-state index contributed by atoms with van der Waals surface area (Å²) >= 11 is 0. The average Bonchev–Trinajstić information content (AvgIpc) is 2.87. The van der Waals surface area contributed by atoms with E-state index in [9.17, 15) is 0 Å². The fourth-order valence-corrected chi connectivity index (χ4v) is 2.83. The summed E-state index contributed by atoms with van der Waals surface area (Å²) in [5.41, 5.74) is 4.07. The summed E-state index contributed by atoms with van der Waals surface area (Å²) in [6, 6.07) is 0. The normalized spacial score (nSPS) is 26.2. The van der Waals surface area contributed by atoms with Crippen molar-refractivity contribution in [2.45, 2.75) is 58.5 Å². The Morgan fingerprint density at radius 3 is 2.74 bits per heavy atom. The van der Waals surface area contributed by atoms with Crippen LogP contribution in [0.3, 0.4) is 0 Å². The third kappa shape index (κ3) is 3.48. The third-order valence-electron chi connectivity index (χ3n) is 4.13. The molecule has 1 unspecified atom stereocenters. The number of unbranched alkanes of at least 4 members (excludes halogenated alkanes) is 1. The lowest BCUT2D eigenvalue weighted by Crippen LogP contribution is -2.36. The summed E-state index contributed by atoms with van der Waals surface area (Å²) in [6.45, 7) is 7.48. The Morgan fingerprint density at radius 2 is 2.11 bits per heavy atom. The molecular formula is C18H26O. The van der Waals surface area contributed by atoms with E-state index >= 15 is 0 Å². The number of allylic oxidation sites excluding steroid dienone is 5. The van der Waals surface area contributed by atoms with E-state index in [-0.39, 0.29) is 5.60 Å². The van der Waals surface area contributed by atoms with E-state index in [4.69, 9.17) is 4.74 Å². The molecule has 1 nitrogen and oxygen atoms in total. The number of hydrogen-bond acceptors (Lipinski definition) is 1. The van der Waals surface area contributed by atoms with Crippen LogP contribution in [-0.2, 0) is 4.74 Å². The van der Waals surface area contributed by atoms with Crippen molar-refractivity contribution in [3.63, 3.8) is 0 Å². The van der Waals surface area contributed by atoms with Gasteiger partial charge in [0.1, 0.15) is 0 Å². The molecule has 2 aliphatic carbocycles. The third-order valence-corrected chi connectivity index (χ3v) is 4.13. The zero-order chi connectivity index (χ0) is 13.7. The van der Waals surface area contributed by atoms with Gasteiger partial charge in [0.05, 0.1) is 5.60 Å². The Morgan fingerprint density at radius 1 is 1.26 bits per heavy atom. The molecule has 0 bridgehead atoms. The summed E-state index contributed by atoms with van der Waals surface area (Å²) < 4.78 is 6.35. The Hall–Kier alpha value is -1.08. The molecule has 0 spiro atoms. The standard InChI is InChI=1S/C18H26O/c1-4-5-12-19-18(14-17-8-6-7-9-17)11-10-15(2)13-16(18)3/h6,8-10,13H,4-5,7,11-12,14H2,1-3H3. The smallest absolute Gasteiger partial charge is 0.0966 e. The highest BCUT2D eigenvalue weighted by Gasteiger charge is 2.34. The average molecular weight is 258 g/mol. The number of rotatable bonds is 6. The van der Waals surface area contributed by atoms with Crippen LogP contribution in [0.15, 0.2) is 47.1 Å². The maximum atomic E-state index is 6.35. The summed E-state index contributed by atoms with van der Waals surface area (Å²) in [5, 5.41) is 0. The van der Waals surface area contributed by atoms with Crippen LogP contribution in [0.25, 0.3) is 0 Å². The molecule has 0 aromatic rings. The monoisotopic (exact) mass is 258 g/mol. The van der Waals surface area contributed by atoms with Crippen LogP contribution in [0.4, 0.5) is 0 Å². The van der Waals surface area contributed by atoms with Gasteiger partial charge < -0.3 is 4.74 Å². The van der Waals surface area contributed by atoms with E-state index in [1.54, 1.807) is 0 Å². The first-order chi connectivity index (χ1) is 9.16. The fourth-order valence-electron chi connectivity index (χ4n) is 2.83. The van der Waals surface area contributed by atoms with Crippen molar-refractivity contribution < 1.29 is 4.74 Å². The van der Waals surface area contributed by atoms with Gasteiger partial charge in [0, 0.05) is 13.0 Å². The molecule has 0 amide bonds. The fraction of sp³-hybridized carbons (Fsp3) is 0.556. The molecule has 1 heteroatoms. The molecule has 0 saturated carbocycles. The quantitative estimate of drug-likeness (QED) is 0.601. The molecule has 0 saturated heterocycles. The van der Waals surface area contributed by atoms with Gasteiger partial charge in [-0.3, -0.25) is 0 Å². The maximum Gasteiger partial charge on any atom is 0.0966 e. The van der Waals surface area contributed by atoms with E-state index < -0.39 is 0 Å². The molecule has 0 radical (unpaired) electrons. The second kappa shape index (κ2) is 6.38. The van der Waals surface area contributed by atoms with E-state index in [1.165, 1.54) is 23.1 Å². The molecule has 2 rings (SSSR count). The molecule has 0 aromatic carbocycles. The minimum atomic E-state index is -0.102. The lowest BCUT2D eigenvalue weighted by Gasteiger charge is -2.37. The van der Waals surface area contributed by atoms with Gasteiger partial charge in [-0.05, 0) is 44.3 Å². The van der Waals surface area contributed by atoms with Crippen LogP contribution in [0, 0.1) is 0 Å². The van der Waals surface area contributed by atoms with Crippen LogP contribution in [0.2, 0.25) is 0 Å². The Bertz CT molecular complexity index is 437. The molecule has 104 valence electrons. The highest BCUT2D eigenvalue weighted by Crippen LogP contribution is 2.38. The SMILES string of the molecule is CCCCOC1(CC2=CCC=C2)CC=C(C)C=C1C. The first kappa shape index (κ1) is 14.3. The zero-order valence-corrected chi connectivity index (χ0v) is 12.5. The second-order valence-electron chi connectivity index (χ2n) is 5.77. The highest BCUT2D eigenvalue weighted by atomic mass is 16.5. The van der Waals surface area contributed by atoms with Crippen molar-refractivity contribution in [2.24, 2.45) is 0 Å². The van der Waals surface area contributed by atoms with Gasteiger partial charge in [-0.25, -0.2) is 0 Å². The van der Waals surface area contributed by atoms with Gasteiger partial charge in [0.25, 0.3) is 0 Å². The van der Waals surface area contributed by atoms with Gasteiger partial charge in [0.15, 0.2) is 0 Å². The minimum Gasteiger partial charge on any atom is -0.370 e. The van der Waals surface area contributed by atoms with E-state index in [2.05, 4.69) is 51.2 Å². The molecule has 19 heavy (non-hydrogen) atoms. The lowest BCUT2D eigenvalue weighted by molar-refractivity contribution is -0.0169. The zero-order valence-electron chi connectivity index (χ0n) is 12.5. The molecule has 0 aromatic heterocycles. The van der Waals surface area contributed by atoms with Crippen molar-refractivity contribution >= 4 is 0 Å². The van der Waals surface area contributed by atoms with Crippen LogP contribution < -0.4 is 0 Å². The predicted molar refractivity (Wildman–Crippen MR) is 82.2 cm³/mol. The number of hydrogen-bond donors (Lipinski definition) is 0. The summed E-state index contributed by atoms with van der Waals surface area (Å²) in [7, 11) is 0. The highest BCUT2D eigenvalue weighted by molar-refractivity contribution is 5.37. The van der Waals surface area contributed by atoms with Crippen molar-refractivity contribution in [3.8, 4) is 0 Å². The molecule has 2 aliphatic rings. The first-order valence-electron chi connectivity index (χ1n) is 7.51. The van der Waals surface area contributed by atoms with Crippen molar-refractivity contribution in [2.75, 3.05) is 6.61 Å². The van der Waals surface area contributed by atoms with Crippen molar-refractivity contribution in [1.82, 2.24) is 0 Å². The predicted octanol–water partition coefficient (Wildman–Crippen LogP) is 5.11. The van der Waals surface area contributed by atoms with Crippen LogP contribution in [0.5, 0.6) is 0 Å². The van der Waals surface area contributed by atoms with E-state index in [0.29, 0.717) is 0 Å². The molecule has 0 aliphatic heterocycles. The van der Waals surface area contributed by atoms with E-state index in [1.807, 2.05) is 0 Å². The molecule has 0 N–H and O–H groups in total. The van der Waals surface area contributed by atoms with Gasteiger partial charge in [-0.1, -0.05) is 49.3 Å². The Labute approximate surface area is 117 Å². The Balaban J connectivity index is 2.13. The maximum absolute atomic E-state index is 6.35. The molecule has 0 fully saturated rings. The minimum absolute atomic E-state index is 0.102. The van der Waals surface area contributed by atoms with Crippen LogP contribution in [-0.4, -0.2) is 12.2 Å². The molecule has 1 atom stereocenters. The number of ether oxygens (including phenoxy) is 1. The summed E-state index contributed by atoms with van der Waals surface area (Å²) in [4.78, 5) is 0. The molecular weight excluding hydrogens is 232 g/mol. The largest absolute Gasteiger partial charge is 0.370 e. The molecule has 0 heterocycles. The topological polar surface area (TPSA) is 9.23 Å². The van der Waals surface area contributed by atoms with E-state index in [0.717, 1.165) is 32.3 Å². The second-order valence-corrected chi connectivity index (χ2v) is 5.77. The van der Waals surface area contributed by atoms with Gasteiger partial charge in [-0.15, -0.1) is 0 Å². The van der Waals surface area contributed by atoms with Crippen LogP contribution in [0.1, 0.15) is 52.9 Å². The Kier molecular flexibility index (Phi) is 4.81. The van der Waals surface area contributed by atoms with Crippen molar-refractivity contribution in [3.05, 3.63) is 47.1 Å². The van der Waals surface area contributed by atoms with Gasteiger partial charge in [0.2, 0.25) is 0 Å².